The van der Waals surface area contributed by atoms with Crippen LogP contribution in [0.15, 0.2) is 36.5 Å². The molecule has 2 nitrogen and oxygen atoms in total. The highest BCUT2D eigenvalue weighted by atomic mass is 16.1. The minimum atomic E-state index is -0.211. The zero-order valence-corrected chi connectivity index (χ0v) is 6.84. The first-order valence-electron chi connectivity index (χ1n) is 3.86. The highest BCUT2D eigenvalue weighted by Crippen LogP contribution is 2.11. The van der Waals surface area contributed by atoms with Crippen LogP contribution in [0.1, 0.15) is 12.8 Å². The number of ketones is 1. The van der Waals surface area contributed by atoms with E-state index >= 15 is 0 Å². The largest absolute Gasteiger partial charge is 0.297 e. The molecule has 0 unspecified atom stereocenters. The van der Waals surface area contributed by atoms with Crippen LogP contribution in [0.25, 0.3) is 0 Å². The summed E-state index contributed by atoms with van der Waals surface area (Å²) in [7, 11) is 0. The Labute approximate surface area is 71.8 Å². The predicted octanol–water partition coefficient (Wildman–Crippen LogP) is 2.04. The summed E-state index contributed by atoms with van der Waals surface area (Å²) >= 11 is 0. The third-order valence-corrected chi connectivity index (χ3v) is 1.68. The minimum Gasteiger partial charge on any atom is -0.297 e. The van der Waals surface area contributed by atoms with Gasteiger partial charge in [0.1, 0.15) is 5.71 Å². The van der Waals surface area contributed by atoms with Crippen molar-refractivity contribution in [1.29, 1.82) is 5.41 Å². The summed E-state index contributed by atoms with van der Waals surface area (Å²) in [6.07, 6.45) is 8.40. The molecule has 0 bridgehead atoms. The lowest BCUT2D eigenvalue weighted by atomic mass is 10.0. The molecule has 0 aromatic carbocycles. The maximum absolute atomic E-state index is 10.8. The molecular formula is C10H11NO. The molecule has 0 spiro atoms. The van der Waals surface area contributed by atoms with Crippen molar-refractivity contribution >= 4 is 11.5 Å². The fourth-order valence-corrected chi connectivity index (χ4v) is 1.00. The van der Waals surface area contributed by atoms with Gasteiger partial charge >= 0.3 is 0 Å². The molecule has 0 atom stereocenters. The van der Waals surface area contributed by atoms with Crippen LogP contribution in [-0.4, -0.2) is 11.5 Å². The number of hydrogen-bond acceptors (Lipinski definition) is 2. The zero-order valence-electron chi connectivity index (χ0n) is 6.84. The van der Waals surface area contributed by atoms with Gasteiger partial charge in [-0.2, -0.15) is 0 Å². The topological polar surface area (TPSA) is 40.9 Å². The highest BCUT2D eigenvalue weighted by molar-refractivity contribution is 6.47. The van der Waals surface area contributed by atoms with Crippen molar-refractivity contribution in [2.45, 2.75) is 12.8 Å². The molecule has 2 heteroatoms. The predicted molar refractivity (Wildman–Crippen MR) is 49.4 cm³/mol. The summed E-state index contributed by atoms with van der Waals surface area (Å²) in [4.78, 5) is 10.8. The van der Waals surface area contributed by atoms with Crippen LogP contribution in [0.2, 0.25) is 0 Å². The lowest BCUT2D eigenvalue weighted by Gasteiger charge is -2.04. The summed E-state index contributed by atoms with van der Waals surface area (Å²) in [6.45, 7) is 3.61. The summed E-state index contributed by atoms with van der Waals surface area (Å²) < 4.78 is 0. The number of carbonyl (C=O) groups is 1. The number of hydrogen-bond donors (Lipinski definition) is 1. The molecular weight excluding hydrogens is 150 g/mol. The van der Waals surface area contributed by atoms with E-state index in [1.54, 1.807) is 12.2 Å². The summed E-state index contributed by atoms with van der Waals surface area (Å²) in [5.41, 5.74) is 1.11. The fourth-order valence-electron chi connectivity index (χ4n) is 1.00. The molecule has 0 heterocycles. The highest BCUT2D eigenvalue weighted by Gasteiger charge is 2.08. The van der Waals surface area contributed by atoms with E-state index < -0.39 is 0 Å². The molecule has 0 saturated carbocycles. The second-order valence-electron chi connectivity index (χ2n) is 2.66. The Morgan fingerprint density at radius 1 is 1.50 bits per heavy atom. The van der Waals surface area contributed by atoms with Gasteiger partial charge in [0.15, 0.2) is 0 Å². The van der Waals surface area contributed by atoms with Gasteiger partial charge in [0, 0.05) is 0 Å². The van der Waals surface area contributed by atoms with Gasteiger partial charge in [0.25, 0.3) is 0 Å². The zero-order chi connectivity index (χ0) is 8.97. The van der Waals surface area contributed by atoms with Gasteiger partial charge in [0.05, 0.1) is 0 Å². The smallest absolute Gasteiger partial charge is 0.203 e. The van der Waals surface area contributed by atoms with Crippen LogP contribution in [0.4, 0.5) is 0 Å². The van der Waals surface area contributed by atoms with E-state index in [0.29, 0.717) is 0 Å². The van der Waals surface area contributed by atoms with Crippen molar-refractivity contribution in [2.75, 3.05) is 0 Å². The van der Waals surface area contributed by atoms with E-state index in [4.69, 9.17) is 5.41 Å². The van der Waals surface area contributed by atoms with Crippen molar-refractivity contribution < 1.29 is 4.79 Å². The van der Waals surface area contributed by atoms with Crippen LogP contribution in [-0.2, 0) is 4.79 Å². The van der Waals surface area contributed by atoms with Crippen molar-refractivity contribution in [2.24, 2.45) is 0 Å². The maximum Gasteiger partial charge on any atom is 0.203 e. The number of carbonyl (C=O) groups excluding carboxylic acids is 1. The van der Waals surface area contributed by atoms with E-state index in [2.05, 4.69) is 6.58 Å². The first-order valence-corrected chi connectivity index (χ1v) is 3.86. The minimum absolute atomic E-state index is 0.0802. The summed E-state index contributed by atoms with van der Waals surface area (Å²) in [6, 6.07) is 0. The monoisotopic (exact) mass is 161 g/mol. The van der Waals surface area contributed by atoms with Crippen LogP contribution >= 0.6 is 0 Å². The summed E-state index contributed by atoms with van der Waals surface area (Å²) in [5.74, 6) is -0.211. The normalized spacial score (nSPS) is 16.2. The molecule has 0 saturated heterocycles. The second kappa shape index (κ2) is 3.81. The van der Waals surface area contributed by atoms with Crippen molar-refractivity contribution in [3.8, 4) is 0 Å². The number of rotatable bonds is 3. The third kappa shape index (κ3) is 2.02. The van der Waals surface area contributed by atoms with Crippen molar-refractivity contribution in [3.05, 3.63) is 36.5 Å². The molecule has 1 aliphatic rings. The third-order valence-electron chi connectivity index (χ3n) is 1.68. The second-order valence-corrected chi connectivity index (χ2v) is 2.66. The van der Waals surface area contributed by atoms with Crippen LogP contribution in [0.5, 0.6) is 0 Å². The first-order chi connectivity index (χ1) is 5.74. The van der Waals surface area contributed by atoms with Crippen molar-refractivity contribution in [1.82, 2.24) is 0 Å². The molecule has 12 heavy (non-hydrogen) atoms. The van der Waals surface area contributed by atoms with Crippen LogP contribution < -0.4 is 0 Å². The molecule has 62 valence electrons. The summed E-state index contributed by atoms with van der Waals surface area (Å²) in [5, 5.41) is 7.26. The van der Waals surface area contributed by atoms with Gasteiger partial charge in [-0.15, -0.1) is 6.58 Å². The van der Waals surface area contributed by atoms with Gasteiger partial charge in [-0.25, -0.2) is 0 Å². The molecule has 1 rings (SSSR count). The average molecular weight is 161 g/mol. The van der Waals surface area contributed by atoms with Crippen LogP contribution in [0.3, 0.4) is 0 Å². The fraction of sp³-hybridized carbons (Fsp3) is 0.200. The molecule has 0 fully saturated rings. The molecule has 0 aliphatic heterocycles. The standard InChI is InChI=1S/C10H11NO/c1-2-3-4-8-5-6-10(12)9(11)7-8/h2,5-7,11H,1,3-4H2. The van der Waals surface area contributed by atoms with E-state index in [9.17, 15) is 4.79 Å². The molecule has 1 aliphatic carbocycles. The van der Waals surface area contributed by atoms with Crippen LogP contribution in [0, 0.1) is 5.41 Å². The molecule has 0 radical (unpaired) electrons. The Hall–Kier alpha value is -1.44. The Balaban J connectivity index is 2.63. The average Bonchev–Trinajstić information content (AvgIpc) is 2.07. The molecule has 1 N–H and O–H groups in total. The van der Waals surface area contributed by atoms with E-state index in [1.165, 1.54) is 6.08 Å². The number of nitrogens with one attached hydrogen (secondary N) is 1. The number of allylic oxidation sites excluding steroid dienone is 5. The van der Waals surface area contributed by atoms with E-state index in [1.807, 2.05) is 6.08 Å². The Morgan fingerprint density at radius 2 is 2.25 bits per heavy atom. The van der Waals surface area contributed by atoms with Gasteiger partial charge < -0.3 is 0 Å². The van der Waals surface area contributed by atoms with E-state index in [0.717, 1.165) is 18.4 Å². The van der Waals surface area contributed by atoms with Gasteiger partial charge in [0.2, 0.25) is 5.78 Å². The maximum atomic E-state index is 10.8. The Bertz CT molecular complexity index is 284. The SMILES string of the molecule is C=CCCC1=CC(=N)C(=O)C=C1. The first kappa shape index (κ1) is 8.65. The Morgan fingerprint density at radius 3 is 2.83 bits per heavy atom. The van der Waals surface area contributed by atoms with Gasteiger partial charge in [-0.05, 0) is 30.6 Å². The van der Waals surface area contributed by atoms with E-state index in [-0.39, 0.29) is 11.5 Å². The molecule has 0 aromatic rings. The molecule has 0 amide bonds. The lowest BCUT2D eigenvalue weighted by molar-refractivity contribution is -0.108. The Kier molecular flexibility index (Phi) is 2.75. The molecule has 0 aromatic heterocycles. The quantitative estimate of drug-likeness (QED) is 0.499. The van der Waals surface area contributed by atoms with Gasteiger partial charge in [-0.1, -0.05) is 12.2 Å². The van der Waals surface area contributed by atoms with Gasteiger partial charge in [-0.3, -0.25) is 10.2 Å². The lowest BCUT2D eigenvalue weighted by Crippen LogP contribution is -2.10. The van der Waals surface area contributed by atoms with Crippen molar-refractivity contribution in [3.63, 3.8) is 0 Å².